The van der Waals surface area contributed by atoms with Crippen LogP contribution in [0.1, 0.15) is 92.9 Å². The van der Waals surface area contributed by atoms with Crippen molar-refractivity contribution in [1.29, 1.82) is 5.26 Å². The Kier molecular flexibility index (Phi) is 6.17. The average molecular weight is 505 g/mol. The zero-order valence-corrected chi connectivity index (χ0v) is 23.6. The molecule has 0 heterocycles. The van der Waals surface area contributed by atoms with Gasteiger partial charge in [-0.25, -0.2) is 0 Å². The van der Waals surface area contributed by atoms with Crippen LogP contribution in [0.15, 0.2) is 23.3 Å². The predicted molar refractivity (Wildman–Crippen MR) is 143 cm³/mol. The number of nitriles is 1. The number of carbonyl (C=O) groups is 3. The van der Waals surface area contributed by atoms with Gasteiger partial charge in [0.25, 0.3) is 0 Å². The highest BCUT2D eigenvalue weighted by Gasteiger charge is 2.65. The van der Waals surface area contributed by atoms with E-state index in [2.05, 4.69) is 32.2 Å². The van der Waals surface area contributed by atoms with Crippen molar-refractivity contribution in [2.75, 3.05) is 6.54 Å². The molecule has 0 aromatic heterocycles. The number of Topliss-reactive ketones (excluding diaryl/α,β-unsaturated/α-hetero) is 1. The molecule has 0 bridgehead atoms. The number of allylic oxidation sites excluding steroid dienone is 4. The van der Waals surface area contributed by atoms with Crippen LogP contribution >= 0.6 is 0 Å². The molecule has 0 spiro atoms. The largest absolute Gasteiger partial charge is 0.356 e. The lowest BCUT2D eigenvalue weighted by molar-refractivity contribution is -0.153. The maximum absolute atomic E-state index is 14.2. The second-order valence-electron chi connectivity index (χ2n) is 14.0. The quantitative estimate of drug-likeness (QED) is 0.514. The summed E-state index contributed by atoms with van der Waals surface area (Å²) in [5.41, 5.74) is 0.0347. The van der Waals surface area contributed by atoms with Crippen molar-refractivity contribution in [2.24, 2.45) is 51.2 Å². The number of rotatable bonds is 3. The van der Waals surface area contributed by atoms with Gasteiger partial charge in [-0.05, 0) is 79.6 Å². The van der Waals surface area contributed by atoms with E-state index in [-0.39, 0.29) is 57.5 Å². The molecular formula is C32H44N2O3. The molecule has 200 valence electrons. The van der Waals surface area contributed by atoms with E-state index in [1.165, 1.54) is 0 Å². The van der Waals surface area contributed by atoms with Crippen LogP contribution < -0.4 is 5.32 Å². The van der Waals surface area contributed by atoms with Crippen LogP contribution in [-0.4, -0.2) is 24.0 Å². The van der Waals surface area contributed by atoms with Crippen LogP contribution in [0.5, 0.6) is 0 Å². The monoisotopic (exact) mass is 504 g/mol. The Morgan fingerprint density at radius 1 is 1.11 bits per heavy atom. The van der Waals surface area contributed by atoms with Gasteiger partial charge < -0.3 is 5.32 Å². The molecule has 5 nitrogen and oxygen atoms in total. The minimum atomic E-state index is -0.636. The van der Waals surface area contributed by atoms with E-state index in [9.17, 15) is 19.6 Å². The first kappa shape index (κ1) is 26.4. The number of hydrogen-bond acceptors (Lipinski definition) is 4. The highest BCUT2D eigenvalue weighted by Crippen LogP contribution is 2.70. The van der Waals surface area contributed by atoms with Crippen LogP contribution in [0.2, 0.25) is 0 Å². The van der Waals surface area contributed by atoms with Crippen molar-refractivity contribution in [1.82, 2.24) is 5.32 Å². The van der Waals surface area contributed by atoms with Crippen molar-refractivity contribution < 1.29 is 14.4 Å². The maximum Gasteiger partial charge on any atom is 0.220 e. The van der Waals surface area contributed by atoms with Crippen LogP contribution in [0.4, 0.5) is 0 Å². The van der Waals surface area contributed by atoms with Gasteiger partial charge >= 0.3 is 0 Å². The summed E-state index contributed by atoms with van der Waals surface area (Å²) in [6.07, 6.45) is 11.5. The van der Waals surface area contributed by atoms with E-state index in [0.29, 0.717) is 18.9 Å². The van der Waals surface area contributed by atoms with Crippen molar-refractivity contribution in [3.63, 3.8) is 0 Å². The van der Waals surface area contributed by atoms with Crippen LogP contribution in [0.25, 0.3) is 0 Å². The zero-order valence-electron chi connectivity index (χ0n) is 23.6. The fourth-order valence-corrected chi connectivity index (χ4v) is 10.5. The van der Waals surface area contributed by atoms with Gasteiger partial charge in [0.2, 0.25) is 5.91 Å². The summed E-state index contributed by atoms with van der Waals surface area (Å²) in [4.78, 5) is 40.3. The third-order valence-corrected chi connectivity index (χ3v) is 11.9. The number of amides is 1. The minimum absolute atomic E-state index is 0.0509. The van der Waals surface area contributed by atoms with Gasteiger partial charge in [0.1, 0.15) is 6.07 Å². The summed E-state index contributed by atoms with van der Waals surface area (Å²) in [5, 5.41) is 12.9. The van der Waals surface area contributed by atoms with Gasteiger partial charge in [0, 0.05) is 29.7 Å². The summed E-state index contributed by atoms with van der Waals surface area (Å²) in [7, 11) is 0. The Balaban J connectivity index is 1.61. The lowest BCUT2D eigenvalue weighted by Crippen LogP contribution is -2.61. The Hall–Kier alpha value is -2.22. The molecule has 5 heteroatoms. The lowest BCUT2D eigenvalue weighted by Gasteiger charge is -2.65. The molecule has 3 fully saturated rings. The second-order valence-corrected chi connectivity index (χ2v) is 14.0. The molecule has 5 aliphatic rings. The molecule has 8 atom stereocenters. The van der Waals surface area contributed by atoms with Gasteiger partial charge in [-0.3, -0.25) is 14.4 Å². The maximum atomic E-state index is 14.2. The van der Waals surface area contributed by atoms with Gasteiger partial charge in [0.15, 0.2) is 11.6 Å². The van der Waals surface area contributed by atoms with Crippen LogP contribution in [0, 0.1) is 62.6 Å². The first-order valence-corrected chi connectivity index (χ1v) is 14.6. The van der Waals surface area contributed by atoms with E-state index in [0.717, 1.165) is 50.5 Å². The average Bonchev–Trinajstić information content (AvgIpc) is 2.82. The predicted octanol–water partition coefficient (Wildman–Crippen LogP) is 5.95. The van der Waals surface area contributed by atoms with Gasteiger partial charge in [-0.1, -0.05) is 59.1 Å². The molecule has 0 aromatic carbocycles. The number of ketones is 2. The number of fused-ring (bicyclic) bond motifs is 7. The summed E-state index contributed by atoms with van der Waals surface area (Å²) < 4.78 is 0. The smallest absolute Gasteiger partial charge is 0.220 e. The molecule has 0 aromatic rings. The van der Waals surface area contributed by atoms with Gasteiger partial charge in [-0.15, -0.1) is 0 Å². The summed E-state index contributed by atoms with van der Waals surface area (Å²) in [5.74, 6) is 1.19. The normalized spacial score (nSPS) is 44.2. The third-order valence-electron chi connectivity index (χ3n) is 11.9. The standard InChI is InChI=1S/C32H44N2O3/c1-7-34-25(36)17-32-12-8-9-19(2)27(32)26-21(10-14-32)30(5)13-11-23-29(3,4)28(37)20(18-33)16-31(23,6)24(30)15-22(26)35/h15-16,19,21,23,26-27H,7-14,17H2,1-6H3,(H,34,36). The second kappa shape index (κ2) is 8.65. The number of hydrogen-bond donors (Lipinski definition) is 1. The summed E-state index contributed by atoms with van der Waals surface area (Å²) in [6, 6.07) is 2.18. The van der Waals surface area contributed by atoms with E-state index in [4.69, 9.17) is 0 Å². The molecule has 0 radical (unpaired) electrons. The van der Waals surface area contributed by atoms with Crippen LogP contribution in [-0.2, 0) is 14.4 Å². The van der Waals surface area contributed by atoms with Crippen molar-refractivity contribution in [3.8, 4) is 6.07 Å². The molecule has 0 saturated heterocycles. The first-order valence-electron chi connectivity index (χ1n) is 14.6. The molecule has 5 aliphatic carbocycles. The number of carbonyl (C=O) groups excluding carboxylic acids is 3. The Bertz CT molecular complexity index is 1140. The topological polar surface area (TPSA) is 87.0 Å². The molecular weight excluding hydrogens is 460 g/mol. The Morgan fingerprint density at radius 3 is 2.51 bits per heavy atom. The molecule has 37 heavy (non-hydrogen) atoms. The summed E-state index contributed by atoms with van der Waals surface area (Å²) >= 11 is 0. The molecule has 8 unspecified atom stereocenters. The number of nitrogens with one attached hydrogen (secondary N) is 1. The van der Waals surface area contributed by atoms with Gasteiger partial charge in [0.05, 0.1) is 5.57 Å². The molecule has 5 rings (SSSR count). The highest BCUT2D eigenvalue weighted by molar-refractivity contribution is 6.04. The van der Waals surface area contributed by atoms with E-state index in [1.807, 2.05) is 32.9 Å². The van der Waals surface area contributed by atoms with E-state index < -0.39 is 10.8 Å². The Morgan fingerprint density at radius 2 is 1.84 bits per heavy atom. The lowest BCUT2D eigenvalue weighted by atomic mass is 9.38. The van der Waals surface area contributed by atoms with Gasteiger partial charge in [-0.2, -0.15) is 5.26 Å². The molecule has 3 saturated carbocycles. The Labute approximate surface area is 222 Å². The van der Waals surface area contributed by atoms with Crippen molar-refractivity contribution >= 4 is 17.5 Å². The summed E-state index contributed by atoms with van der Waals surface area (Å²) in [6.45, 7) is 13.4. The number of nitrogens with zero attached hydrogens (tertiary/aromatic N) is 1. The highest BCUT2D eigenvalue weighted by atomic mass is 16.1. The van der Waals surface area contributed by atoms with E-state index in [1.54, 1.807) is 0 Å². The fraction of sp³-hybridized carbons (Fsp3) is 0.750. The van der Waals surface area contributed by atoms with Crippen LogP contribution in [0.3, 0.4) is 0 Å². The molecule has 1 N–H and O–H groups in total. The SMILES string of the molecule is CCNC(=O)CC12CCCC(C)C1C1C(=O)C=C3C4(C)C=C(C#N)C(=O)C(C)(C)C4CCC3(C)C1CC2. The zero-order chi connectivity index (χ0) is 27.0. The molecule has 0 aliphatic heterocycles. The third kappa shape index (κ3) is 3.57. The molecule has 1 amide bonds. The minimum Gasteiger partial charge on any atom is -0.356 e. The van der Waals surface area contributed by atoms with E-state index >= 15 is 0 Å². The first-order chi connectivity index (χ1) is 17.4. The van der Waals surface area contributed by atoms with Crippen molar-refractivity contribution in [2.45, 2.75) is 92.9 Å². The fourth-order valence-electron chi connectivity index (χ4n) is 10.5. The van der Waals surface area contributed by atoms with Crippen molar-refractivity contribution in [3.05, 3.63) is 23.3 Å².